The molecule has 132 valence electrons. The topological polar surface area (TPSA) is 76.7 Å². The molecule has 0 aliphatic rings. The number of halogens is 1. The van der Waals surface area contributed by atoms with Crippen LogP contribution in [0.15, 0.2) is 48.5 Å². The van der Waals surface area contributed by atoms with E-state index in [4.69, 9.17) is 21.1 Å². The summed E-state index contributed by atoms with van der Waals surface area (Å²) in [5.41, 5.74) is 1.32. The summed E-state index contributed by atoms with van der Waals surface area (Å²) in [6.45, 7) is 0.376. The molecule has 0 aliphatic carbocycles. The zero-order valence-electron chi connectivity index (χ0n) is 13.8. The van der Waals surface area contributed by atoms with Gasteiger partial charge in [-0.25, -0.2) is 4.79 Å². The fourth-order valence-corrected chi connectivity index (χ4v) is 2.17. The normalized spacial score (nSPS) is 10.0. The largest absolute Gasteiger partial charge is 0.497 e. The monoisotopic (exact) mass is 362 g/mol. The van der Waals surface area contributed by atoms with Crippen molar-refractivity contribution >= 4 is 29.3 Å². The van der Waals surface area contributed by atoms with E-state index in [9.17, 15) is 9.59 Å². The van der Waals surface area contributed by atoms with E-state index in [2.05, 4.69) is 10.6 Å². The van der Waals surface area contributed by atoms with E-state index in [1.54, 1.807) is 55.6 Å². The highest BCUT2D eigenvalue weighted by molar-refractivity contribution is 6.18. The minimum atomic E-state index is -0.395. The van der Waals surface area contributed by atoms with Crippen LogP contribution in [0, 0.1) is 0 Å². The highest BCUT2D eigenvalue weighted by Gasteiger charge is 2.08. The molecule has 6 nitrogen and oxygen atoms in total. The van der Waals surface area contributed by atoms with Gasteiger partial charge in [0.05, 0.1) is 13.5 Å². The van der Waals surface area contributed by atoms with Crippen molar-refractivity contribution in [3.05, 3.63) is 54.1 Å². The van der Waals surface area contributed by atoms with E-state index < -0.39 is 5.97 Å². The molecule has 0 bridgehead atoms. The number of rotatable bonds is 7. The highest BCUT2D eigenvalue weighted by atomic mass is 35.5. The molecule has 2 amide bonds. The lowest BCUT2D eigenvalue weighted by Crippen LogP contribution is -2.30. The molecule has 2 N–H and O–H groups in total. The zero-order valence-corrected chi connectivity index (χ0v) is 14.5. The Morgan fingerprint density at radius 3 is 2.48 bits per heavy atom. The molecule has 25 heavy (non-hydrogen) atoms. The van der Waals surface area contributed by atoms with Gasteiger partial charge in [0.25, 0.3) is 0 Å². The SMILES string of the molecule is COc1ccc(OC(=O)Cc2cccc(NC(=O)NCCCl)c2)cc1. The maximum atomic E-state index is 12.0. The molecule has 2 rings (SSSR count). The van der Waals surface area contributed by atoms with Crippen LogP contribution in [0.2, 0.25) is 0 Å². The predicted octanol–water partition coefficient (Wildman–Crippen LogP) is 3.20. The number of carbonyl (C=O) groups excluding carboxylic acids is 2. The number of hydrogen-bond acceptors (Lipinski definition) is 4. The average molecular weight is 363 g/mol. The summed E-state index contributed by atoms with van der Waals surface area (Å²) in [6.07, 6.45) is 0.0881. The summed E-state index contributed by atoms with van der Waals surface area (Å²) in [5.74, 6) is 1.07. The second kappa shape index (κ2) is 9.54. The molecule has 0 atom stereocenters. The Hall–Kier alpha value is -2.73. The minimum Gasteiger partial charge on any atom is -0.497 e. The molecule has 0 unspecified atom stereocenters. The van der Waals surface area contributed by atoms with Crippen molar-refractivity contribution in [1.82, 2.24) is 5.32 Å². The molecule has 0 saturated heterocycles. The lowest BCUT2D eigenvalue weighted by Gasteiger charge is -2.09. The van der Waals surface area contributed by atoms with Gasteiger partial charge in [0.15, 0.2) is 0 Å². The van der Waals surface area contributed by atoms with Crippen LogP contribution in [0.1, 0.15) is 5.56 Å². The minimum absolute atomic E-state index is 0.0881. The number of esters is 1. The molecular formula is C18H19ClN2O4. The van der Waals surface area contributed by atoms with E-state index in [1.807, 2.05) is 0 Å². The molecule has 0 aromatic heterocycles. The molecule has 0 aliphatic heterocycles. The number of carbonyl (C=O) groups is 2. The fourth-order valence-electron chi connectivity index (χ4n) is 2.07. The second-order valence-electron chi connectivity index (χ2n) is 5.10. The smallest absolute Gasteiger partial charge is 0.319 e. The third kappa shape index (κ3) is 6.35. The fraction of sp³-hybridized carbons (Fsp3) is 0.222. The average Bonchev–Trinajstić information content (AvgIpc) is 2.61. The van der Waals surface area contributed by atoms with E-state index in [-0.39, 0.29) is 12.5 Å². The first-order chi connectivity index (χ1) is 12.1. The van der Waals surface area contributed by atoms with Crippen molar-refractivity contribution in [3.63, 3.8) is 0 Å². The lowest BCUT2D eigenvalue weighted by molar-refractivity contribution is -0.133. The van der Waals surface area contributed by atoms with E-state index in [1.165, 1.54) is 0 Å². The molecular weight excluding hydrogens is 344 g/mol. The van der Waals surface area contributed by atoms with Crippen molar-refractivity contribution in [2.45, 2.75) is 6.42 Å². The number of alkyl halides is 1. The Labute approximate surface area is 151 Å². The maximum Gasteiger partial charge on any atom is 0.319 e. The van der Waals surface area contributed by atoms with Crippen molar-refractivity contribution in [3.8, 4) is 11.5 Å². The molecule has 2 aromatic rings. The second-order valence-corrected chi connectivity index (χ2v) is 5.47. The molecule has 0 fully saturated rings. The lowest BCUT2D eigenvalue weighted by atomic mass is 10.1. The summed E-state index contributed by atoms with van der Waals surface area (Å²) < 4.78 is 10.3. The standard InChI is InChI=1S/C18H19ClN2O4/c1-24-15-5-7-16(8-6-15)25-17(22)12-13-3-2-4-14(11-13)21-18(23)20-10-9-19/h2-8,11H,9-10,12H2,1H3,(H2,20,21,23). The van der Waals surface area contributed by atoms with Crippen LogP contribution in [-0.4, -0.2) is 31.5 Å². The Morgan fingerprint density at radius 2 is 1.80 bits per heavy atom. The van der Waals surface area contributed by atoms with Crippen LogP contribution in [0.5, 0.6) is 11.5 Å². The van der Waals surface area contributed by atoms with Crippen LogP contribution < -0.4 is 20.1 Å². The Bertz CT molecular complexity index is 719. The van der Waals surface area contributed by atoms with Crippen LogP contribution in [0.25, 0.3) is 0 Å². The quantitative estimate of drug-likeness (QED) is 0.450. The van der Waals surface area contributed by atoms with Crippen LogP contribution in [0.3, 0.4) is 0 Å². The highest BCUT2D eigenvalue weighted by Crippen LogP contribution is 2.18. The number of amides is 2. The van der Waals surface area contributed by atoms with Gasteiger partial charge in [0, 0.05) is 18.1 Å². The van der Waals surface area contributed by atoms with Crippen molar-refractivity contribution in [2.75, 3.05) is 24.9 Å². The summed E-state index contributed by atoms with van der Waals surface area (Å²) in [7, 11) is 1.57. The summed E-state index contributed by atoms with van der Waals surface area (Å²) in [5, 5.41) is 5.28. The summed E-state index contributed by atoms with van der Waals surface area (Å²) in [6, 6.07) is 13.4. The van der Waals surface area contributed by atoms with Gasteiger partial charge in [-0.15, -0.1) is 11.6 Å². The van der Waals surface area contributed by atoms with Gasteiger partial charge in [0.2, 0.25) is 0 Å². The van der Waals surface area contributed by atoms with Crippen LogP contribution >= 0.6 is 11.6 Å². The first-order valence-corrected chi connectivity index (χ1v) is 8.18. The molecule has 0 heterocycles. The van der Waals surface area contributed by atoms with Gasteiger partial charge in [-0.05, 0) is 42.0 Å². The van der Waals surface area contributed by atoms with Gasteiger partial charge in [-0.3, -0.25) is 4.79 Å². The first-order valence-electron chi connectivity index (χ1n) is 7.65. The Balaban J connectivity index is 1.91. The number of ether oxygens (including phenoxy) is 2. The molecule has 0 radical (unpaired) electrons. The van der Waals surface area contributed by atoms with Gasteiger partial charge in [0.1, 0.15) is 11.5 Å². The maximum absolute atomic E-state index is 12.0. The molecule has 7 heteroatoms. The van der Waals surface area contributed by atoms with E-state index in [0.717, 1.165) is 5.56 Å². The van der Waals surface area contributed by atoms with Gasteiger partial charge < -0.3 is 20.1 Å². The molecule has 0 saturated carbocycles. The first kappa shape index (κ1) is 18.6. The van der Waals surface area contributed by atoms with Gasteiger partial charge in [-0.2, -0.15) is 0 Å². The number of methoxy groups -OCH3 is 1. The number of hydrogen-bond donors (Lipinski definition) is 2. The molecule has 0 spiro atoms. The van der Waals surface area contributed by atoms with E-state index in [0.29, 0.717) is 29.6 Å². The zero-order chi connectivity index (χ0) is 18.1. The number of nitrogens with one attached hydrogen (secondary N) is 2. The Kier molecular flexibility index (Phi) is 7.10. The van der Waals surface area contributed by atoms with Gasteiger partial charge >= 0.3 is 12.0 Å². The van der Waals surface area contributed by atoms with Crippen molar-refractivity contribution < 1.29 is 19.1 Å². The summed E-state index contributed by atoms with van der Waals surface area (Å²) in [4.78, 5) is 23.7. The number of benzene rings is 2. The van der Waals surface area contributed by atoms with Gasteiger partial charge in [-0.1, -0.05) is 12.1 Å². The third-order valence-corrected chi connectivity index (χ3v) is 3.39. The number of urea groups is 1. The third-order valence-electron chi connectivity index (χ3n) is 3.20. The molecule has 2 aromatic carbocycles. The van der Waals surface area contributed by atoms with Crippen LogP contribution in [0.4, 0.5) is 10.5 Å². The van der Waals surface area contributed by atoms with Crippen LogP contribution in [-0.2, 0) is 11.2 Å². The van der Waals surface area contributed by atoms with Crippen molar-refractivity contribution in [2.24, 2.45) is 0 Å². The summed E-state index contributed by atoms with van der Waals surface area (Å²) >= 11 is 5.51. The van der Waals surface area contributed by atoms with Crippen molar-refractivity contribution in [1.29, 1.82) is 0 Å². The Morgan fingerprint density at radius 1 is 1.08 bits per heavy atom. The predicted molar refractivity (Wildman–Crippen MR) is 96.5 cm³/mol. The number of anilines is 1. The van der Waals surface area contributed by atoms with E-state index >= 15 is 0 Å².